The minimum atomic E-state index is -0.443. The third kappa shape index (κ3) is 2.30. The second-order valence-corrected chi connectivity index (χ2v) is 5.72. The highest BCUT2D eigenvalue weighted by Gasteiger charge is 2.29. The van der Waals surface area contributed by atoms with Crippen LogP contribution in [0.1, 0.15) is 44.4 Å². The van der Waals surface area contributed by atoms with Crippen molar-refractivity contribution in [2.75, 3.05) is 11.4 Å². The van der Waals surface area contributed by atoms with Crippen LogP contribution in [0.5, 0.6) is 0 Å². The van der Waals surface area contributed by atoms with Gasteiger partial charge in [-0.3, -0.25) is 10.1 Å². The van der Waals surface area contributed by atoms with Crippen LogP contribution in [-0.2, 0) is 6.54 Å². The van der Waals surface area contributed by atoms with Crippen LogP contribution in [0.2, 0.25) is 0 Å². The molecule has 1 aliphatic rings. The molecule has 3 heterocycles. The zero-order valence-electron chi connectivity index (χ0n) is 12.8. The first-order chi connectivity index (χ1) is 10.5. The van der Waals surface area contributed by atoms with Crippen molar-refractivity contribution in [3.05, 3.63) is 40.1 Å². The standard InChI is InChI=1S/C14H18N6O2/c1-9(2)13-16-17-14-10(3)18(6-7-19(13)14)12-5-4-11(8-15-12)20(21)22/h4-5,8-10H,6-7H2,1-3H3. The lowest BCUT2D eigenvalue weighted by molar-refractivity contribution is -0.385. The number of aromatic nitrogens is 4. The van der Waals surface area contributed by atoms with Crippen LogP contribution in [-0.4, -0.2) is 31.2 Å². The predicted octanol–water partition coefficient (Wildman–Crippen LogP) is 2.29. The van der Waals surface area contributed by atoms with Gasteiger partial charge in [-0.2, -0.15) is 0 Å². The summed E-state index contributed by atoms with van der Waals surface area (Å²) in [5.74, 6) is 2.96. The summed E-state index contributed by atoms with van der Waals surface area (Å²) in [5, 5.41) is 19.3. The molecular weight excluding hydrogens is 284 g/mol. The van der Waals surface area contributed by atoms with Gasteiger partial charge in [-0.15, -0.1) is 10.2 Å². The van der Waals surface area contributed by atoms with Crippen LogP contribution in [0.25, 0.3) is 0 Å². The molecule has 1 aliphatic heterocycles. The fourth-order valence-corrected chi connectivity index (χ4v) is 2.80. The van der Waals surface area contributed by atoms with Gasteiger partial charge in [-0.1, -0.05) is 13.8 Å². The van der Waals surface area contributed by atoms with Crippen molar-refractivity contribution in [2.24, 2.45) is 0 Å². The van der Waals surface area contributed by atoms with Gasteiger partial charge in [0.1, 0.15) is 17.8 Å². The second kappa shape index (κ2) is 5.36. The van der Waals surface area contributed by atoms with Crippen LogP contribution in [0, 0.1) is 10.1 Å². The van der Waals surface area contributed by atoms with Crippen molar-refractivity contribution in [1.29, 1.82) is 0 Å². The number of rotatable bonds is 3. The van der Waals surface area contributed by atoms with Crippen molar-refractivity contribution in [3.63, 3.8) is 0 Å². The number of hydrogen-bond donors (Lipinski definition) is 0. The van der Waals surface area contributed by atoms with Gasteiger partial charge >= 0.3 is 0 Å². The fourth-order valence-electron chi connectivity index (χ4n) is 2.80. The molecule has 22 heavy (non-hydrogen) atoms. The van der Waals surface area contributed by atoms with Crippen LogP contribution in [0.4, 0.5) is 11.5 Å². The lowest BCUT2D eigenvalue weighted by atomic mass is 10.1. The van der Waals surface area contributed by atoms with Crippen molar-refractivity contribution >= 4 is 11.5 Å². The van der Waals surface area contributed by atoms with E-state index in [-0.39, 0.29) is 11.7 Å². The first-order valence-corrected chi connectivity index (χ1v) is 7.29. The average molecular weight is 302 g/mol. The van der Waals surface area contributed by atoms with Gasteiger partial charge in [0.15, 0.2) is 5.82 Å². The van der Waals surface area contributed by atoms with Crippen molar-refractivity contribution < 1.29 is 4.92 Å². The van der Waals surface area contributed by atoms with E-state index in [1.54, 1.807) is 6.07 Å². The Morgan fingerprint density at radius 2 is 2.09 bits per heavy atom. The van der Waals surface area contributed by atoms with E-state index in [4.69, 9.17) is 0 Å². The molecule has 8 heteroatoms. The molecule has 0 fully saturated rings. The van der Waals surface area contributed by atoms with Gasteiger partial charge in [0.2, 0.25) is 0 Å². The lowest BCUT2D eigenvalue weighted by Gasteiger charge is -2.34. The summed E-state index contributed by atoms with van der Waals surface area (Å²) < 4.78 is 2.16. The Hall–Kier alpha value is -2.51. The van der Waals surface area contributed by atoms with Crippen molar-refractivity contribution in [3.8, 4) is 0 Å². The number of pyridine rings is 1. The first-order valence-electron chi connectivity index (χ1n) is 7.29. The number of hydrogen-bond acceptors (Lipinski definition) is 6. The van der Waals surface area contributed by atoms with E-state index >= 15 is 0 Å². The molecule has 116 valence electrons. The smallest absolute Gasteiger partial charge is 0.287 e. The highest BCUT2D eigenvalue weighted by molar-refractivity contribution is 5.45. The summed E-state index contributed by atoms with van der Waals surface area (Å²) in [4.78, 5) is 16.6. The summed E-state index contributed by atoms with van der Waals surface area (Å²) in [7, 11) is 0. The zero-order valence-corrected chi connectivity index (χ0v) is 12.8. The molecule has 0 aromatic carbocycles. The van der Waals surface area contributed by atoms with Gasteiger partial charge in [-0.25, -0.2) is 4.98 Å². The van der Waals surface area contributed by atoms with Gasteiger partial charge in [0.25, 0.3) is 5.69 Å². The molecule has 0 N–H and O–H groups in total. The van der Waals surface area contributed by atoms with Crippen LogP contribution in [0.3, 0.4) is 0 Å². The molecule has 0 saturated carbocycles. The highest BCUT2D eigenvalue weighted by Crippen LogP contribution is 2.30. The van der Waals surface area contributed by atoms with E-state index in [9.17, 15) is 10.1 Å². The molecule has 1 atom stereocenters. The van der Waals surface area contributed by atoms with E-state index in [2.05, 4.69) is 38.5 Å². The van der Waals surface area contributed by atoms with Crippen LogP contribution < -0.4 is 4.90 Å². The molecule has 0 radical (unpaired) electrons. The normalized spacial score (nSPS) is 17.6. The summed E-state index contributed by atoms with van der Waals surface area (Å²) in [6.07, 6.45) is 1.29. The van der Waals surface area contributed by atoms with Crippen LogP contribution in [0.15, 0.2) is 18.3 Å². The monoisotopic (exact) mass is 302 g/mol. The lowest BCUT2D eigenvalue weighted by Crippen LogP contribution is -2.38. The fraction of sp³-hybridized carbons (Fsp3) is 0.500. The number of anilines is 1. The van der Waals surface area contributed by atoms with Crippen molar-refractivity contribution in [1.82, 2.24) is 19.7 Å². The Balaban J connectivity index is 1.89. The Labute approximate surface area is 127 Å². The molecule has 8 nitrogen and oxygen atoms in total. The second-order valence-electron chi connectivity index (χ2n) is 5.72. The maximum absolute atomic E-state index is 10.7. The Morgan fingerprint density at radius 3 is 2.68 bits per heavy atom. The first kappa shape index (κ1) is 14.4. The molecular formula is C14H18N6O2. The van der Waals surface area contributed by atoms with Gasteiger partial charge in [0, 0.05) is 25.1 Å². The zero-order chi connectivity index (χ0) is 15.9. The third-order valence-electron chi connectivity index (χ3n) is 3.97. The Kier molecular flexibility index (Phi) is 3.51. The number of nitro groups is 1. The third-order valence-corrected chi connectivity index (χ3v) is 3.97. The molecule has 1 unspecified atom stereocenters. The quantitative estimate of drug-likeness (QED) is 0.638. The summed E-state index contributed by atoms with van der Waals surface area (Å²) in [6, 6.07) is 3.19. The van der Waals surface area contributed by atoms with E-state index in [0.717, 1.165) is 30.6 Å². The molecule has 0 amide bonds. The van der Waals surface area contributed by atoms with Gasteiger partial charge in [0.05, 0.1) is 11.0 Å². The van der Waals surface area contributed by atoms with E-state index < -0.39 is 4.92 Å². The van der Waals surface area contributed by atoms with Gasteiger partial charge < -0.3 is 9.47 Å². The molecule has 3 rings (SSSR count). The molecule has 2 aromatic heterocycles. The summed E-state index contributed by atoms with van der Waals surface area (Å²) in [6.45, 7) is 7.82. The Bertz CT molecular complexity index is 694. The number of nitrogens with zero attached hydrogens (tertiary/aromatic N) is 6. The Morgan fingerprint density at radius 1 is 1.32 bits per heavy atom. The van der Waals surface area contributed by atoms with E-state index in [1.807, 2.05) is 6.92 Å². The van der Waals surface area contributed by atoms with Crippen molar-refractivity contribution in [2.45, 2.75) is 39.3 Å². The topological polar surface area (TPSA) is 90.0 Å². The minimum absolute atomic E-state index is 0.00123. The highest BCUT2D eigenvalue weighted by atomic mass is 16.6. The minimum Gasteiger partial charge on any atom is -0.345 e. The molecule has 2 aromatic rings. The molecule has 0 spiro atoms. The molecule has 0 aliphatic carbocycles. The van der Waals surface area contributed by atoms with Gasteiger partial charge in [-0.05, 0) is 13.0 Å². The maximum atomic E-state index is 10.7. The average Bonchev–Trinajstić information content (AvgIpc) is 2.93. The SMILES string of the molecule is CC(C)c1nnc2n1CCN(c1ccc([N+](=O)[O-])cn1)C2C. The van der Waals surface area contributed by atoms with E-state index in [0.29, 0.717) is 5.92 Å². The van der Waals surface area contributed by atoms with E-state index in [1.165, 1.54) is 12.3 Å². The largest absolute Gasteiger partial charge is 0.345 e. The summed E-state index contributed by atoms with van der Waals surface area (Å²) >= 11 is 0. The summed E-state index contributed by atoms with van der Waals surface area (Å²) in [5.41, 5.74) is -0.00123. The molecule has 0 saturated heterocycles. The molecule has 0 bridgehead atoms. The predicted molar refractivity (Wildman–Crippen MR) is 80.8 cm³/mol. The number of fused-ring (bicyclic) bond motifs is 1. The van der Waals surface area contributed by atoms with Crippen LogP contribution >= 0.6 is 0 Å². The maximum Gasteiger partial charge on any atom is 0.287 e.